The number of amides is 1. The molecule has 1 aliphatic carbocycles. The molecule has 1 fully saturated rings. The molecule has 0 bridgehead atoms. The number of aromatic amines is 1. The van der Waals surface area contributed by atoms with Gasteiger partial charge in [-0.3, -0.25) is 4.79 Å². The Morgan fingerprint density at radius 3 is 2.48 bits per heavy atom. The maximum Gasteiger partial charge on any atom is 0.417 e. The van der Waals surface area contributed by atoms with Crippen LogP contribution in [0, 0.1) is 0 Å². The highest BCUT2D eigenvalue weighted by Gasteiger charge is 2.43. The largest absolute Gasteiger partial charge is 0.417 e. The highest BCUT2D eigenvalue weighted by atomic mass is 35.5. The molecule has 1 saturated carbocycles. The number of benzene rings is 2. The number of aromatic nitrogens is 3. The molecular formula is C24H18ClF3N4O. The van der Waals surface area contributed by atoms with E-state index in [2.05, 4.69) is 20.3 Å². The van der Waals surface area contributed by atoms with E-state index in [-0.39, 0.29) is 17.1 Å². The van der Waals surface area contributed by atoms with Gasteiger partial charge in [0.1, 0.15) is 5.82 Å². The molecule has 0 aliphatic heterocycles. The summed E-state index contributed by atoms with van der Waals surface area (Å²) >= 11 is 5.97. The van der Waals surface area contributed by atoms with Gasteiger partial charge in [-0.1, -0.05) is 36.2 Å². The number of imidazole rings is 1. The van der Waals surface area contributed by atoms with Crippen molar-refractivity contribution in [1.82, 2.24) is 15.0 Å². The van der Waals surface area contributed by atoms with Gasteiger partial charge in [0, 0.05) is 22.5 Å². The first-order chi connectivity index (χ1) is 15.7. The minimum absolute atomic E-state index is 0.252. The number of nitrogens with one attached hydrogen (secondary N) is 2. The van der Waals surface area contributed by atoms with Crippen molar-refractivity contribution in [3.05, 3.63) is 88.3 Å². The van der Waals surface area contributed by atoms with Gasteiger partial charge in [0.15, 0.2) is 5.65 Å². The lowest BCUT2D eigenvalue weighted by Crippen LogP contribution is -2.36. The Morgan fingerprint density at radius 1 is 1.09 bits per heavy atom. The summed E-state index contributed by atoms with van der Waals surface area (Å²) in [5.41, 5.74) is 1.27. The second-order valence-corrected chi connectivity index (χ2v) is 8.59. The third-order valence-corrected chi connectivity index (χ3v) is 6.34. The second-order valence-electron chi connectivity index (χ2n) is 8.16. The lowest BCUT2D eigenvalue weighted by molar-refractivity contribution is -0.137. The predicted octanol–water partition coefficient (Wildman–Crippen LogP) is 6.35. The molecule has 0 radical (unpaired) electrons. The molecule has 5 nitrogen and oxygen atoms in total. The summed E-state index contributed by atoms with van der Waals surface area (Å²) in [5, 5.41) is 3.34. The molecule has 2 aromatic carbocycles. The molecule has 9 heteroatoms. The highest BCUT2D eigenvalue weighted by Crippen LogP contribution is 2.48. The number of hydrogen-bond acceptors (Lipinski definition) is 3. The second kappa shape index (κ2) is 7.88. The van der Waals surface area contributed by atoms with Crippen molar-refractivity contribution in [3.63, 3.8) is 0 Å². The van der Waals surface area contributed by atoms with Crippen molar-refractivity contribution in [2.24, 2.45) is 0 Å². The standard InChI is InChI=1S/C24H18ClF3N4O/c25-17-3-1-4-18(12-17)30-21(33)14-5-7-15(8-6-14)23(9-2-10-23)22-31-19-11-16(24(26,27)28)13-29-20(19)32-22/h1,3-8,11-13H,2,9-10H2,(H,30,33)(H,29,31,32). The normalized spacial score (nSPS) is 15.3. The SMILES string of the molecule is O=C(Nc1cccc(Cl)c1)c1ccc(C2(c3nc4ncc(C(F)(F)F)cc4[nH]3)CCC2)cc1. The van der Waals surface area contributed by atoms with E-state index in [1.807, 2.05) is 12.1 Å². The van der Waals surface area contributed by atoms with Crippen LogP contribution < -0.4 is 5.32 Å². The van der Waals surface area contributed by atoms with Gasteiger partial charge in [0.05, 0.1) is 16.5 Å². The van der Waals surface area contributed by atoms with Crippen molar-refractivity contribution in [3.8, 4) is 0 Å². The first kappa shape index (κ1) is 21.5. The summed E-state index contributed by atoms with van der Waals surface area (Å²) in [5.74, 6) is 0.325. The van der Waals surface area contributed by atoms with Crippen molar-refractivity contribution < 1.29 is 18.0 Å². The lowest BCUT2D eigenvalue weighted by Gasteiger charge is -2.40. The molecule has 1 amide bonds. The number of halogens is 4. The Kier molecular flexibility index (Phi) is 5.12. The van der Waals surface area contributed by atoms with Gasteiger partial charge in [-0.05, 0) is 54.8 Å². The molecule has 4 aromatic rings. The Bertz CT molecular complexity index is 1340. The number of H-pyrrole nitrogens is 1. The van der Waals surface area contributed by atoms with Crippen LogP contribution in [0.4, 0.5) is 18.9 Å². The number of fused-ring (bicyclic) bond motifs is 1. The maximum absolute atomic E-state index is 13.0. The average Bonchev–Trinajstić information content (AvgIpc) is 3.16. The first-order valence-corrected chi connectivity index (χ1v) is 10.7. The fraction of sp³-hybridized carbons (Fsp3) is 0.208. The third kappa shape index (κ3) is 3.95. The van der Waals surface area contributed by atoms with Crippen LogP contribution in [0.3, 0.4) is 0 Å². The van der Waals surface area contributed by atoms with Crippen LogP contribution in [0.1, 0.15) is 46.6 Å². The van der Waals surface area contributed by atoms with Gasteiger partial charge >= 0.3 is 6.18 Å². The van der Waals surface area contributed by atoms with Gasteiger partial charge < -0.3 is 10.3 Å². The van der Waals surface area contributed by atoms with E-state index in [1.165, 1.54) is 0 Å². The first-order valence-electron chi connectivity index (χ1n) is 10.4. The van der Waals surface area contributed by atoms with E-state index in [1.54, 1.807) is 36.4 Å². The molecule has 2 aromatic heterocycles. The van der Waals surface area contributed by atoms with Crippen LogP contribution in [-0.2, 0) is 11.6 Å². The van der Waals surface area contributed by atoms with Crippen molar-refractivity contribution in [2.75, 3.05) is 5.32 Å². The zero-order valence-electron chi connectivity index (χ0n) is 17.2. The Balaban J connectivity index is 1.42. The van der Waals surface area contributed by atoms with Crippen LogP contribution in [-0.4, -0.2) is 20.9 Å². The fourth-order valence-corrected chi connectivity index (χ4v) is 4.37. The van der Waals surface area contributed by atoms with Crippen molar-refractivity contribution in [1.29, 1.82) is 0 Å². The summed E-state index contributed by atoms with van der Waals surface area (Å²) < 4.78 is 39.1. The van der Waals surface area contributed by atoms with Gasteiger partial charge in [0.25, 0.3) is 5.91 Å². The molecule has 168 valence electrons. The predicted molar refractivity (Wildman–Crippen MR) is 119 cm³/mol. The number of rotatable bonds is 4. The van der Waals surface area contributed by atoms with Gasteiger partial charge in [-0.15, -0.1) is 0 Å². The van der Waals surface area contributed by atoms with Gasteiger partial charge in [0.2, 0.25) is 0 Å². The smallest absolute Gasteiger partial charge is 0.340 e. The quantitative estimate of drug-likeness (QED) is 0.365. The number of carbonyl (C=O) groups excluding carboxylic acids is 1. The number of carbonyl (C=O) groups is 1. The molecule has 0 saturated heterocycles. The van der Waals surface area contributed by atoms with Crippen molar-refractivity contribution in [2.45, 2.75) is 30.9 Å². The summed E-state index contributed by atoms with van der Waals surface area (Å²) in [6, 6.07) is 15.1. The molecule has 33 heavy (non-hydrogen) atoms. The van der Waals surface area contributed by atoms with Crippen LogP contribution in [0.5, 0.6) is 0 Å². The lowest BCUT2D eigenvalue weighted by atomic mass is 9.64. The molecule has 0 unspecified atom stereocenters. The number of nitrogens with zero attached hydrogens (tertiary/aromatic N) is 2. The number of pyridine rings is 1. The van der Waals surface area contributed by atoms with Crippen LogP contribution >= 0.6 is 11.6 Å². The summed E-state index contributed by atoms with van der Waals surface area (Å²) in [6.45, 7) is 0. The average molecular weight is 471 g/mol. The van der Waals surface area contributed by atoms with E-state index in [4.69, 9.17) is 11.6 Å². The zero-order chi connectivity index (χ0) is 23.2. The van der Waals surface area contributed by atoms with E-state index in [0.29, 0.717) is 22.1 Å². The number of alkyl halides is 3. The number of hydrogen-bond donors (Lipinski definition) is 2. The van der Waals surface area contributed by atoms with E-state index >= 15 is 0 Å². The van der Waals surface area contributed by atoms with E-state index in [0.717, 1.165) is 37.1 Å². The zero-order valence-corrected chi connectivity index (χ0v) is 18.0. The van der Waals surface area contributed by atoms with Crippen LogP contribution in [0.25, 0.3) is 11.2 Å². The van der Waals surface area contributed by atoms with Crippen molar-refractivity contribution >= 4 is 34.4 Å². The Morgan fingerprint density at radius 2 is 1.85 bits per heavy atom. The molecular weight excluding hydrogens is 453 g/mol. The monoisotopic (exact) mass is 470 g/mol. The molecule has 0 spiro atoms. The fourth-order valence-electron chi connectivity index (χ4n) is 4.18. The van der Waals surface area contributed by atoms with Gasteiger partial charge in [-0.2, -0.15) is 13.2 Å². The Labute approximate surface area is 192 Å². The van der Waals surface area contributed by atoms with E-state index < -0.39 is 17.2 Å². The van der Waals surface area contributed by atoms with Gasteiger partial charge in [-0.25, -0.2) is 9.97 Å². The molecule has 2 heterocycles. The number of anilines is 1. The Hall–Kier alpha value is -3.39. The molecule has 1 aliphatic rings. The molecule has 5 rings (SSSR count). The topological polar surface area (TPSA) is 70.7 Å². The molecule has 2 N–H and O–H groups in total. The summed E-state index contributed by atoms with van der Waals surface area (Å²) in [6.07, 6.45) is -1.11. The summed E-state index contributed by atoms with van der Waals surface area (Å²) in [4.78, 5) is 24.1. The summed E-state index contributed by atoms with van der Waals surface area (Å²) in [7, 11) is 0. The minimum Gasteiger partial charge on any atom is -0.340 e. The van der Waals surface area contributed by atoms with E-state index in [9.17, 15) is 18.0 Å². The maximum atomic E-state index is 13.0. The third-order valence-electron chi connectivity index (χ3n) is 6.11. The van der Waals surface area contributed by atoms with Crippen LogP contribution in [0.15, 0.2) is 60.8 Å². The van der Waals surface area contributed by atoms with Crippen LogP contribution in [0.2, 0.25) is 5.02 Å². The minimum atomic E-state index is -4.47. The highest BCUT2D eigenvalue weighted by molar-refractivity contribution is 6.31. The molecule has 0 atom stereocenters.